The summed E-state index contributed by atoms with van der Waals surface area (Å²) in [6.07, 6.45) is 0.456. The van der Waals surface area contributed by atoms with Crippen LogP contribution in [0.3, 0.4) is 0 Å². The number of hydrogen-bond donors (Lipinski definition) is 2. The van der Waals surface area contributed by atoms with Crippen molar-refractivity contribution in [2.24, 2.45) is 0 Å². The van der Waals surface area contributed by atoms with Crippen LogP contribution in [-0.4, -0.2) is 60.7 Å². The van der Waals surface area contributed by atoms with E-state index in [2.05, 4.69) is 20.6 Å². The highest BCUT2D eigenvalue weighted by Crippen LogP contribution is 2.09. The van der Waals surface area contributed by atoms with Gasteiger partial charge in [-0.2, -0.15) is 4.98 Å². The van der Waals surface area contributed by atoms with Crippen LogP contribution in [-0.2, 0) is 9.53 Å². The van der Waals surface area contributed by atoms with Crippen LogP contribution in [0.1, 0.15) is 12.1 Å². The van der Waals surface area contributed by atoms with Crippen molar-refractivity contribution in [3.05, 3.63) is 11.8 Å². The van der Waals surface area contributed by atoms with Gasteiger partial charge >= 0.3 is 0 Å². The van der Waals surface area contributed by atoms with E-state index in [1.54, 1.807) is 7.05 Å². The van der Waals surface area contributed by atoms with E-state index in [4.69, 9.17) is 4.74 Å². The number of hydrogen-bond acceptors (Lipinski definition) is 6. The third-order valence-electron chi connectivity index (χ3n) is 3.09. The molecule has 7 nitrogen and oxygen atoms in total. The van der Waals surface area contributed by atoms with Gasteiger partial charge in [-0.05, 0) is 6.92 Å². The largest absolute Gasteiger partial charge is 0.378 e. The van der Waals surface area contributed by atoms with Crippen LogP contribution in [0.5, 0.6) is 0 Å². The van der Waals surface area contributed by atoms with Crippen molar-refractivity contribution in [1.82, 2.24) is 14.9 Å². The molecule has 2 N–H and O–H groups in total. The Kier molecular flexibility index (Phi) is 5.11. The first kappa shape index (κ1) is 14.5. The number of carbonyl (C=O) groups excluding carboxylic acids is 1. The SMILES string of the molecule is CNc1nc(C)cc(NCCC(=O)N2CCOCC2)n1. The van der Waals surface area contributed by atoms with Crippen molar-refractivity contribution in [3.63, 3.8) is 0 Å². The van der Waals surface area contributed by atoms with Gasteiger partial charge in [0.2, 0.25) is 11.9 Å². The predicted molar refractivity (Wildman–Crippen MR) is 76.8 cm³/mol. The molecule has 0 unspecified atom stereocenters. The summed E-state index contributed by atoms with van der Waals surface area (Å²) < 4.78 is 5.23. The van der Waals surface area contributed by atoms with Crippen molar-refractivity contribution in [3.8, 4) is 0 Å². The van der Waals surface area contributed by atoms with Crippen LogP contribution in [0.2, 0.25) is 0 Å². The molecule has 0 saturated carbocycles. The fourth-order valence-electron chi connectivity index (χ4n) is 2.04. The zero-order chi connectivity index (χ0) is 14.4. The van der Waals surface area contributed by atoms with Gasteiger partial charge < -0.3 is 20.3 Å². The van der Waals surface area contributed by atoms with Gasteiger partial charge in [0.05, 0.1) is 13.2 Å². The zero-order valence-corrected chi connectivity index (χ0v) is 12.0. The van der Waals surface area contributed by atoms with Gasteiger partial charge in [0, 0.05) is 44.9 Å². The number of carbonyl (C=O) groups is 1. The fraction of sp³-hybridized carbons (Fsp3) is 0.615. The Morgan fingerprint density at radius 3 is 2.85 bits per heavy atom. The number of ether oxygens (including phenoxy) is 1. The number of aryl methyl sites for hydroxylation is 1. The summed E-state index contributed by atoms with van der Waals surface area (Å²) >= 11 is 0. The number of nitrogens with zero attached hydrogens (tertiary/aromatic N) is 3. The lowest BCUT2D eigenvalue weighted by Crippen LogP contribution is -2.41. The number of anilines is 2. The summed E-state index contributed by atoms with van der Waals surface area (Å²) in [7, 11) is 1.78. The lowest BCUT2D eigenvalue weighted by molar-refractivity contribution is -0.134. The van der Waals surface area contributed by atoms with Crippen LogP contribution < -0.4 is 10.6 Å². The zero-order valence-electron chi connectivity index (χ0n) is 12.0. The number of aromatic nitrogens is 2. The average Bonchev–Trinajstić information content (AvgIpc) is 2.47. The van der Waals surface area contributed by atoms with E-state index in [1.165, 1.54) is 0 Å². The molecule has 2 rings (SSSR count). The summed E-state index contributed by atoms with van der Waals surface area (Å²) in [5.74, 6) is 1.46. The second-order valence-corrected chi connectivity index (χ2v) is 4.64. The molecule has 0 aliphatic carbocycles. The van der Waals surface area contributed by atoms with Crippen molar-refractivity contribution < 1.29 is 9.53 Å². The van der Waals surface area contributed by atoms with Gasteiger partial charge in [-0.25, -0.2) is 4.98 Å². The summed E-state index contributed by atoms with van der Waals surface area (Å²) in [6.45, 7) is 5.12. The number of morpholine rings is 1. The van der Waals surface area contributed by atoms with Crippen LogP contribution in [0.4, 0.5) is 11.8 Å². The highest BCUT2D eigenvalue weighted by molar-refractivity contribution is 5.76. The minimum absolute atomic E-state index is 0.153. The molecule has 1 aromatic heterocycles. The number of nitrogens with one attached hydrogen (secondary N) is 2. The van der Waals surface area contributed by atoms with E-state index >= 15 is 0 Å². The van der Waals surface area contributed by atoms with Gasteiger partial charge in [0.25, 0.3) is 0 Å². The van der Waals surface area contributed by atoms with Gasteiger partial charge in [-0.3, -0.25) is 4.79 Å². The Hall–Kier alpha value is -1.89. The number of amides is 1. The maximum Gasteiger partial charge on any atom is 0.224 e. The summed E-state index contributed by atoms with van der Waals surface area (Å²) in [6, 6.07) is 1.86. The second-order valence-electron chi connectivity index (χ2n) is 4.64. The molecule has 1 aliphatic heterocycles. The summed E-state index contributed by atoms with van der Waals surface area (Å²) in [5.41, 5.74) is 0.881. The summed E-state index contributed by atoms with van der Waals surface area (Å²) in [4.78, 5) is 22.3. The Morgan fingerprint density at radius 1 is 1.40 bits per heavy atom. The maximum atomic E-state index is 12.0. The molecule has 0 aromatic carbocycles. The minimum Gasteiger partial charge on any atom is -0.378 e. The molecule has 20 heavy (non-hydrogen) atoms. The van der Waals surface area contributed by atoms with E-state index in [0.717, 1.165) is 11.5 Å². The second kappa shape index (κ2) is 7.04. The van der Waals surface area contributed by atoms with Gasteiger partial charge in [0.1, 0.15) is 5.82 Å². The molecule has 1 aliphatic rings. The molecule has 1 aromatic rings. The highest BCUT2D eigenvalue weighted by Gasteiger charge is 2.16. The van der Waals surface area contributed by atoms with E-state index in [-0.39, 0.29) is 5.91 Å². The van der Waals surface area contributed by atoms with Crippen LogP contribution in [0.25, 0.3) is 0 Å². The molecular formula is C13H21N5O2. The van der Waals surface area contributed by atoms with Crippen LogP contribution >= 0.6 is 0 Å². The van der Waals surface area contributed by atoms with E-state index in [0.29, 0.717) is 45.2 Å². The molecule has 0 spiro atoms. The summed E-state index contributed by atoms with van der Waals surface area (Å²) in [5, 5.41) is 6.07. The Labute approximate surface area is 118 Å². The van der Waals surface area contributed by atoms with Gasteiger partial charge in [0.15, 0.2) is 0 Å². The monoisotopic (exact) mass is 279 g/mol. The molecule has 0 bridgehead atoms. The lowest BCUT2D eigenvalue weighted by atomic mass is 10.3. The van der Waals surface area contributed by atoms with Crippen molar-refractivity contribution in [1.29, 1.82) is 0 Å². The first-order valence-electron chi connectivity index (χ1n) is 6.82. The number of rotatable bonds is 5. The Balaban J connectivity index is 1.80. The highest BCUT2D eigenvalue weighted by atomic mass is 16.5. The van der Waals surface area contributed by atoms with Crippen molar-refractivity contribution in [2.45, 2.75) is 13.3 Å². The standard InChI is InChI=1S/C13H21N5O2/c1-10-9-11(17-13(14-2)16-10)15-4-3-12(19)18-5-7-20-8-6-18/h9H,3-8H2,1-2H3,(H2,14,15,16,17). The van der Waals surface area contributed by atoms with Crippen molar-refractivity contribution in [2.75, 3.05) is 50.5 Å². The van der Waals surface area contributed by atoms with E-state index in [1.807, 2.05) is 17.9 Å². The molecule has 1 fully saturated rings. The van der Waals surface area contributed by atoms with E-state index in [9.17, 15) is 4.79 Å². The molecule has 110 valence electrons. The third-order valence-corrected chi connectivity index (χ3v) is 3.09. The van der Waals surface area contributed by atoms with Gasteiger partial charge in [-0.15, -0.1) is 0 Å². The molecule has 1 amide bonds. The van der Waals surface area contributed by atoms with Crippen LogP contribution in [0.15, 0.2) is 6.07 Å². The lowest BCUT2D eigenvalue weighted by Gasteiger charge is -2.26. The molecule has 0 atom stereocenters. The smallest absolute Gasteiger partial charge is 0.224 e. The molecule has 2 heterocycles. The molecule has 7 heteroatoms. The topological polar surface area (TPSA) is 79.4 Å². The quantitative estimate of drug-likeness (QED) is 0.816. The normalized spacial score (nSPS) is 15.0. The average molecular weight is 279 g/mol. The first-order valence-corrected chi connectivity index (χ1v) is 6.82. The Bertz CT molecular complexity index is 460. The molecule has 0 radical (unpaired) electrons. The molecular weight excluding hydrogens is 258 g/mol. The third kappa shape index (κ3) is 4.06. The molecule has 1 saturated heterocycles. The van der Waals surface area contributed by atoms with E-state index < -0.39 is 0 Å². The fourth-order valence-corrected chi connectivity index (χ4v) is 2.04. The van der Waals surface area contributed by atoms with Crippen LogP contribution in [0, 0.1) is 6.92 Å². The maximum absolute atomic E-state index is 12.0. The Morgan fingerprint density at radius 2 is 2.15 bits per heavy atom. The van der Waals surface area contributed by atoms with Crippen molar-refractivity contribution >= 4 is 17.7 Å². The predicted octanol–water partition coefficient (Wildman–Crippen LogP) is 0.488. The first-order chi connectivity index (χ1) is 9.69. The minimum atomic E-state index is 0.153. The van der Waals surface area contributed by atoms with Gasteiger partial charge in [-0.1, -0.05) is 0 Å².